The Labute approximate surface area is 139 Å². The number of nitrogens with one attached hydrogen (secondary N) is 3. The van der Waals surface area contributed by atoms with Gasteiger partial charge >= 0.3 is 0 Å². The number of amides is 1. The van der Waals surface area contributed by atoms with Crippen molar-refractivity contribution in [3.05, 3.63) is 35.3 Å². The van der Waals surface area contributed by atoms with E-state index in [0.29, 0.717) is 17.0 Å². The van der Waals surface area contributed by atoms with E-state index >= 15 is 0 Å². The van der Waals surface area contributed by atoms with Gasteiger partial charge in [0.05, 0.1) is 6.20 Å². The van der Waals surface area contributed by atoms with Gasteiger partial charge in [-0.2, -0.15) is 0 Å². The normalized spacial score (nSPS) is 25.5. The van der Waals surface area contributed by atoms with Crippen molar-refractivity contribution in [1.29, 1.82) is 0 Å². The summed E-state index contributed by atoms with van der Waals surface area (Å²) in [4.78, 5) is 17.5. The molecule has 0 aliphatic carbocycles. The first-order valence-corrected chi connectivity index (χ1v) is 8.85. The van der Waals surface area contributed by atoms with Crippen LogP contribution in [0.2, 0.25) is 0 Å². The second-order valence-electron chi connectivity index (χ2n) is 6.22. The topological polar surface area (TPSA) is 66.0 Å². The van der Waals surface area contributed by atoms with Gasteiger partial charge in [-0.1, -0.05) is 0 Å². The van der Waals surface area contributed by atoms with Gasteiger partial charge < -0.3 is 16.0 Å². The summed E-state index contributed by atoms with van der Waals surface area (Å²) in [5.41, 5.74) is 2.10. The largest absolute Gasteiger partial charge is 0.388 e. The lowest BCUT2D eigenvalue weighted by molar-refractivity contribution is 0.0935. The number of carbonyl (C=O) groups excluding carboxylic acids is 1. The standard InChI is InChI=1S/C17H20N4OS/c1-18-11-4-2-10(3-5-11)17-19-9-15(23-17)16(22)21-14-8-12-6-7-13(14)20-12/h2-5,9,12-14,18,20H,6-8H2,1H3,(H,21,22)/t12-,13+,14-/m1/s1. The Balaban J connectivity index is 1.45. The van der Waals surface area contributed by atoms with Crippen LogP contribution in [0, 0.1) is 0 Å². The van der Waals surface area contributed by atoms with E-state index in [1.54, 1.807) is 6.20 Å². The fraction of sp³-hybridized carbons (Fsp3) is 0.412. The number of carbonyl (C=O) groups is 1. The van der Waals surface area contributed by atoms with Gasteiger partial charge in [0.15, 0.2) is 0 Å². The molecule has 0 spiro atoms. The number of fused-ring (bicyclic) bond motifs is 2. The molecule has 1 amide bonds. The van der Waals surface area contributed by atoms with Gasteiger partial charge in [0.2, 0.25) is 0 Å². The molecule has 2 bridgehead atoms. The molecule has 6 heteroatoms. The van der Waals surface area contributed by atoms with Gasteiger partial charge in [0.25, 0.3) is 5.91 Å². The Morgan fingerprint density at radius 3 is 2.78 bits per heavy atom. The Morgan fingerprint density at radius 2 is 2.13 bits per heavy atom. The number of nitrogens with zero attached hydrogens (tertiary/aromatic N) is 1. The lowest BCUT2D eigenvalue weighted by Crippen LogP contribution is -2.42. The van der Waals surface area contributed by atoms with Crippen molar-refractivity contribution in [2.75, 3.05) is 12.4 Å². The summed E-state index contributed by atoms with van der Waals surface area (Å²) in [7, 11) is 1.89. The number of aromatic nitrogens is 1. The molecule has 4 rings (SSSR count). The Hall–Kier alpha value is -1.92. The lowest BCUT2D eigenvalue weighted by Gasteiger charge is -2.20. The summed E-state index contributed by atoms with van der Waals surface area (Å²) >= 11 is 1.45. The van der Waals surface area contributed by atoms with Crippen molar-refractivity contribution in [3.63, 3.8) is 0 Å². The van der Waals surface area contributed by atoms with Crippen molar-refractivity contribution in [2.24, 2.45) is 0 Å². The zero-order chi connectivity index (χ0) is 15.8. The molecule has 1 aromatic carbocycles. The number of hydrogen-bond acceptors (Lipinski definition) is 5. The summed E-state index contributed by atoms with van der Waals surface area (Å²) in [6.07, 6.45) is 5.14. The maximum absolute atomic E-state index is 12.4. The molecular formula is C17H20N4OS. The van der Waals surface area contributed by atoms with Crippen LogP contribution in [-0.2, 0) is 0 Å². The molecule has 23 heavy (non-hydrogen) atoms. The Bertz CT molecular complexity index is 712. The Morgan fingerprint density at radius 1 is 1.30 bits per heavy atom. The van der Waals surface area contributed by atoms with E-state index in [1.165, 1.54) is 24.2 Å². The van der Waals surface area contributed by atoms with Crippen molar-refractivity contribution in [2.45, 2.75) is 37.4 Å². The van der Waals surface area contributed by atoms with E-state index in [4.69, 9.17) is 0 Å². The van der Waals surface area contributed by atoms with Crippen LogP contribution in [0.3, 0.4) is 0 Å². The van der Waals surface area contributed by atoms with Gasteiger partial charge in [0.1, 0.15) is 9.88 Å². The average molecular weight is 328 g/mol. The Kier molecular flexibility index (Phi) is 3.79. The molecule has 2 saturated heterocycles. The summed E-state index contributed by atoms with van der Waals surface area (Å²) in [6, 6.07) is 9.37. The van der Waals surface area contributed by atoms with Crippen LogP contribution >= 0.6 is 11.3 Å². The molecule has 120 valence electrons. The highest BCUT2D eigenvalue weighted by Crippen LogP contribution is 2.30. The molecule has 0 radical (unpaired) electrons. The zero-order valence-corrected chi connectivity index (χ0v) is 13.8. The number of rotatable bonds is 4. The van der Waals surface area contributed by atoms with E-state index in [9.17, 15) is 4.79 Å². The first kappa shape index (κ1) is 14.7. The second-order valence-corrected chi connectivity index (χ2v) is 7.25. The van der Waals surface area contributed by atoms with Crippen LogP contribution in [0.25, 0.3) is 10.6 Å². The summed E-state index contributed by atoms with van der Waals surface area (Å²) < 4.78 is 0. The predicted octanol–water partition coefficient (Wildman–Crippen LogP) is 2.47. The van der Waals surface area contributed by atoms with Crippen molar-refractivity contribution >= 4 is 22.9 Å². The van der Waals surface area contributed by atoms with E-state index < -0.39 is 0 Å². The van der Waals surface area contributed by atoms with E-state index in [0.717, 1.165) is 22.7 Å². The van der Waals surface area contributed by atoms with Crippen LogP contribution in [0.1, 0.15) is 28.9 Å². The average Bonchev–Trinajstić information content (AvgIpc) is 3.31. The number of anilines is 1. The lowest BCUT2D eigenvalue weighted by atomic mass is 9.95. The third-order valence-electron chi connectivity index (χ3n) is 4.77. The van der Waals surface area contributed by atoms with E-state index in [-0.39, 0.29) is 11.9 Å². The molecule has 0 unspecified atom stereocenters. The molecule has 2 aliphatic heterocycles. The highest BCUT2D eigenvalue weighted by molar-refractivity contribution is 7.16. The molecule has 2 fully saturated rings. The van der Waals surface area contributed by atoms with Crippen molar-refractivity contribution < 1.29 is 4.79 Å². The molecular weight excluding hydrogens is 308 g/mol. The molecule has 2 aromatic rings. The molecule has 0 saturated carbocycles. The van der Waals surface area contributed by atoms with Gasteiger partial charge in [-0.25, -0.2) is 4.98 Å². The molecule has 1 aromatic heterocycles. The minimum Gasteiger partial charge on any atom is -0.388 e. The van der Waals surface area contributed by atoms with Crippen molar-refractivity contribution in [3.8, 4) is 10.6 Å². The van der Waals surface area contributed by atoms with Gasteiger partial charge in [0, 0.05) is 36.4 Å². The SMILES string of the molecule is CNc1ccc(-c2ncc(C(=O)N[C@@H]3C[C@H]4CC[C@@H]3N4)s2)cc1. The molecule has 3 heterocycles. The zero-order valence-electron chi connectivity index (χ0n) is 13.0. The molecule has 3 atom stereocenters. The van der Waals surface area contributed by atoms with Gasteiger partial charge in [-0.05, 0) is 43.5 Å². The van der Waals surface area contributed by atoms with E-state index in [1.807, 2.05) is 31.3 Å². The van der Waals surface area contributed by atoms with Crippen LogP contribution in [0.5, 0.6) is 0 Å². The van der Waals surface area contributed by atoms with Gasteiger partial charge in [-0.15, -0.1) is 11.3 Å². The number of benzene rings is 1. The fourth-order valence-corrected chi connectivity index (χ4v) is 4.34. The minimum atomic E-state index is -0.0000509. The monoisotopic (exact) mass is 328 g/mol. The minimum absolute atomic E-state index is 0.0000509. The summed E-state index contributed by atoms with van der Waals surface area (Å²) in [5, 5.41) is 10.7. The maximum Gasteiger partial charge on any atom is 0.263 e. The predicted molar refractivity (Wildman–Crippen MR) is 92.9 cm³/mol. The summed E-state index contributed by atoms with van der Waals surface area (Å²) in [5.74, 6) is -0.0000509. The first-order valence-electron chi connectivity index (χ1n) is 8.04. The molecule has 5 nitrogen and oxygen atoms in total. The van der Waals surface area contributed by atoms with E-state index in [2.05, 4.69) is 20.9 Å². The second kappa shape index (κ2) is 5.94. The third kappa shape index (κ3) is 2.84. The highest BCUT2D eigenvalue weighted by atomic mass is 32.1. The molecule has 2 aliphatic rings. The highest BCUT2D eigenvalue weighted by Gasteiger charge is 2.39. The maximum atomic E-state index is 12.4. The summed E-state index contributed by atoms with van der Waals surface area (Å²) in [6.45, 7) is 0. The first-order chi connectivity index (χ1) is 11.2. The van der Waals surface area contributed by atoms with Crippen LogP contribution in [0.15, 0.2) is 30.5 Å². The number of thiazole rings is 1. The third-order valence-corrected chi connectivity index (χ3v) is 5.81. The van der Waals surface area contributed by atoms with Crippen LogP contribution in [0.4, 0.5) is 5.69 Å². The number of hydrogen-bond donors (Lipinski definition) is 3. The van der Waals surface area contributed by atoms with Crippen molar-refractivity contribution in [1.82, 2.24) is 15.6 Å². The molecule has 3 N–H and O–H groups in total. The fourth-order valence-electron chi connectivity index (χ4n) is 3.52. The van der Waals surface area contributed by atoms with Crippen LogP contribution < -0.4 is 16.0 Å². The quantitative estimate of drug-likeness (QED) is 0.807. The van der Waals surface area contributed by atoms with Crippen LogP contribution in [-0.4, -0.2) is 36.1 Å². The smallest absolute Gasteiger partial charge is 0.263 e. The van der Waals surface area contributed by atoms with Gasteiger partial charge in [-0.3, -0.25) is 4.79 Å².